The van der Waals surface area contributed by atoms with Gasteiger partial charge in [-0.3, -0.25) is 5.32 Å². The maximum absolute atomic E-state index is 8.88. The van der Waals surface area contributed by atoms with E-state index in [1.165, 1.54) is 0 Å². The molecule has 0 bridgehead atoms. The third-order valence-electron chi connectivity index (χ3n) is 2.10. The van der Waals surface area contributed by atoms with Crippen molar-refractivity contribution in [2.45, 2.75) is 31.9 Å². The molecule has 0 aromatic carbocycles. The Hall–Kier alpha value is -0.630. The Morgan fingerprint density at radius 3 is 2.50 bits per heavy atom. The molecule has 0 aliphatic carbocycles. The Bertz CT molecular complexity index is 187. The summed E-state index contributed by atoms with van der Waals surface area (Å²) in [7, 11) is 3.30. The van der Waals surface area contributed by atoms with Crippen molar-refractivity contribution in [2.24, 2.45) is 0 Å². The highest BCUT2D eigenvalue weighted by atomic mass is 16.5. The van der Waals surface area contributed by atoms with Gasteiger partial charge < -0.3 is 9.47 Å². The molecule has 4 heteroatoms. The van der Waals surface area contributed by atoms with Gasteiger partial charge in [-0.2, -0.15) is 5.26 Å². The van der Waals surface area contributed by atoms with Crippen LogP contribution in [0.3, 0.4) is 0 Å². The molecule has 0 heterocycles. The Kier molecular flexibility index (Phi) is 6.46. The van der Waals surface area contributed by atoms with Crippen LogP contribution in [0.4, 0.5) is 0 Å². The van der Waals surface area contributed by atoms with Gasteiger partial charge in [0, 0.05) is 27.2 Å². The Morgan fingerprint density at radius 2 is 2.07 bits per heavy atom. The van der Waals surface area contributed by atoms with E-state index in [0.717, 1.165) is 0 Å². The third kappa shape index (κ3) is 5.92. The van der Waals surface area contributed by atoms with Crippen LogP contribution in [0.25, 0.3) is 0 Å². The molecule has 14 heavy (non-hydrogen) atoms. The van der Waals surface area contributed by atoms with Crippen molar-refractivity contribution < 1.29 is 9.47 Å². The van der Waals surface area contributed by atoms with Crippen LogP contribution in [0.1, 0.15) is 20.3 Å². The van der Waals surface area contributed by atoms with Crippen LogP contribution in [0.15, 0.2) is 0 Å². The number of methoxy groups -OCH3 is 2. The minimum Gasteiger partial charge on any atom is -0.383 e. The summed E-state index contributed by atoms with van der Waals surface area (Å²) in [6.07, 6.45) is 0.670. The van der Waals surface area contributed by atoms with E-state index in [4.69, 9.17) is 14.7 Å². The quantitative estimate of drug-likeness (QED) is 0.621. The summed E-state index contributed by atoms with van der Waals surface area (Å²) in [4.78, 5) is 0. The molecule has 0 aliphatic rings. The number of nitrogens with one attached hydrogen (secondary N) is 1. The first-order valence-corrected chi connectivity index (χ1v) is 4.73. The SMILES string of the molecule is COCCNC(C#N)CC(C)(C)OC. The molecule has 0 saturated carbocycles. The normalized spacial score (nSPS) is 13.6. The minimum atomic E-state index is -0.263. The molecule has 82 valence electrons. The number of hydrogen-bond acceptors (Lipinski definition) is 4. The second kappa shape index (κ2) is 6.77. The van der Waals surface area contributed by atoms with E-state index in [9.17, 15) is 0 Å². The number of ether oxygens (including phenoxy) is 2. The first-order valence-electron chi connectivity index (χ1n) is 4.73. The Morgan fingerprint density at radius 1 is 1.43 bits per heavy atom. The van der Waals surface area contributed by atoms with Gasteiger partial charge in [0.2, 0.25) is 0 Å². The zero-order chi connectivity index (χ0) is 11.0. The van der Waals surface area contributed by atoms with Crippen molar-refractivity contribution in [3.63, 3.8) is 0 Å². The van der Waals surface area contributed by atoms with E-state index >= 15 is 0 Å². The fourth-order valence-corrected chi connectivity index (χ4v) is 1.07. The van der Waals surface area contributed by atoms with Gasteiger partial charge in [-0.25, -0.2) is 0 Å². The number of nitriles is 1. The predicted molar refractivity (Wildman–Crippen MR) is 55.0 cm³/mol. The first kappa shape index (κ1) is 13.4. The molecule has 0 aliphatic heterocycles. The van der Waals surface area contributed by atoms with Gasteiger partial charge in [0.1, 0.15) is 0 Å². The summed E-state index contributed by atoms with van der Waals surface area (Å²) in [6.45, 7) is 5.24. The average molecular weight is 200 g/mol. The minimum absolute atomic E-state index is 0.180. The maximum Gasteiger partial charge on any atom is 0.0981 e. The molecule has 1 atom stereocenters. The molecule has 0 radical (unpaired) electrons. The Balaban J connectivity index is 3.86. The van der Waals surface area contributed by atoms with Crippen LogP contribution < -0.4 is 5.32 Å². The molecule has 0 amide bonds. The lowest BCUT2D eigenvalue weighted by molar-refractivity contribution is 0.0108. The van der Waals surface area contributed by atoms with E-state index in [2.05, 4.69) is 11.4 Å². The molecule has 0 fully saturated rings. The van der Waals surface area contributed by atoms with Crippen molar-refractivity contribution in [1.82, 2.24) is 5.32 Å². The molecule has 0 aromatic rings. The molecular formula is C10H20N2O2. The van der Waals surface area contributed by atoms with Crippen LogP contribution in [0.2, 0.25) is 0 Å². The van der Waals surface area contributed by atoms with Gasteiger partial charge in [-0.15, -0.1) is 0 Å². The maximum atomic E-state index is 8.88. The highest BCUT2D eigenvalue weighted by Crippen LogP contribution is 2.14. The predicted octanol–water partition coefficient (Wildman–Crippen LogP) is 0.930. The largest absolute Gasteiger partial charge is 0.383 e. The molecule has 4 nitrogen and oxygen atoms in total. The molecule has 0 rings (SSSR count). The Labute approximate surface area is 86.2 Å². The van der Waals surface area contributed by atoms with Crippen molar-refractivity contribution in [2.75, 3.05) is 27.4 Å². The average Bonchev–Trinajstić information content (AvgIpc) is 2.16. The van der Waals surface area contributed by atoms with Crippen LogP contribution in [0.5, 0.6) is 0 Å². The second-order valence-electron chi connectivity index (χ2n) is 3.80. The molecule has 0 saturated heterocycles. The number of nitrogens with zero attached hydrogens (tertiary/aromatic N) is 1. The zero-order valence-corrected chi connectivity index (χ0v) is 9.46. The van der Waals surface area contributed by atoms with Crippen molar-refractivity contribution in [3.05, 3.63) is 0 Å². The summed E-state index contributed by atoms with van der Waals surface area (Å²) in [5.41, 5.74) is -0.263. The molecule has 1 unspecified atom stereocenters. The van der Waals surface area contributed by atoms with Gasteiger partial charge in [0.05, 0.1) is 24.3 Å². The monoisotopic (exact) mass is 200 g/mol. The molecular weight excluding hydrogens is 180 g/mol. The number of hydrogen-bond donors (Lipinski definition) is 1. The second-order valence-corrected chi connectivity index (χ2v) is 3.80. The van der Waals surface area contributed by atoms with Crippen LogP contribution in [0, 0.1) is 11.3 Å². The lowest BCUT2D eigenvalue weighted by Crippen LogP contribution is -2.38. The molecule has 0 aromatic heterocycles. The van der Waals surface area contributed by atoms with Gasteiger partial charge >= 0.3 is 0 Å². The van der Waals surface area contributed by atoms with Crippen LogP contribution >= 0.6 is 0 Å². The van der Waals surface area contributed by atoms with E-state index in [1.807, 2.05) is 13.8 Å². The van der Waals surface area contributed by atoms with E-state index in [-0.39, 0.29) is 11.6 Å². The summed E-state index contributed by atoms with van der Waals surface area (Å²) >= 11 is 0. The van der Waals surface area contributed by atoms with Gasteiger partial charge in [-0.1, -0.05) is 0 Å². The summed E-state index contributed by atoms with van der Waals surface area (Å²) in [6, 6.07) is 2.02. The van der Waals surface area contributed by atoms with Crippen molar-refractivity contribution in [1.29, 1.82) is 5.26 Å². The van der Waals surface area contributed by atoms with E-state index in [0.29, 0.717) is 19.6 Å². The summed E-state index contributed by atoms with van der Waals surface area (Å²) < 4.78 is 10.1. The van der Waals surface area contributed by atoms with Gasteiger partial charge in [0.15, 0.2) is 0 Å². The van der Waals surface area contributed by atoms with Crippen LogP contribution in [-0.4, -0.2) is 39.0 Å². The van der Waals surface area contributed by atoms with E-state index < -0.39 is 0 Å². The van der Waals surface area contributed by atoms with Gasteiger partial charge in [-0.05, 0) is 13.8 Å². The smallest absolute Gasteiger partial charge is 0.0981 e. The lowest BCUT2D eigenvalue weighted by Gasteiger charge is -2.25. The lowest BCUT2D eigenvalue weighted by atomic mass is 9.99. The number of rotatable bonds is 7. The third-order valence-corrected chi connectivity index (χ3v) is 2.10. The molecule has 0 spiro atoms. The van der Waals surface area contributed by atoms with Crippen LogP contribution in [-0.2, 0) is 9.47 Å². The van der Waals surface area contributed by atoms with Crippen molar-refractivity contribution >= 4 is 0 Å². The standard InChI is InChI=1S/C10H20N2O2/c1-10(2,14-4)7-9(8-11)12-5-6-13-3/h9,12H,5-7H2,1-4H3. The van der Waals surface area contributed by atoms with Crippen molar-refractivity contribution in [3.8, 4) is 6.07 Å². The van der Waals surface area contributed by atoms with Gasteiger partial charge in [0.25, 0.3) is 0 Å². The highest BCUT2D eigenvalue weighted by molar-refractivity contribution is 4.93. The summed E-state index contributed by atoms with van der Waals surface area (Å²) in [5, 5.41) is 12.0. The molecule has 1 N–H and O–H groups in total. The van der Waals surface area contributed by atoms with E-state index in [1.54, 1.807) is 14.2 Å². The zero-order valence-electron chi connectivity index (χ0n) is 9.46. The topological polar surface area (TPSA) is 54.3 Å². The fraction of sp³-hybridized carbons (Fsp3) is 0.900. The highest BCUT2D eigenvalue weighted by Gasteiger charge is 2.22. The first-order chi connectivity index (χ1) is 6.55. The summed E-state index contributed by atoms with van der Waals surface area (Å²) in [5.74, 6) is 0. The fourth-order valence-electron chi connectivity index (χ4n) is 1.07.